The van der Waals surface area contributed by atoms with Crippen molar-refractivity contribution in [1.82, 2.24) is 24.8 Å². The van der Waals surface area contributed by atoms with Crippen molar-refractivity contribution in [1.29, 1.82) is 0 Å². The number of aromatic amines is 1. The summed E-state index contributed by atoms with van der Waals surface area (Å²) in [4.78, 5) is 4.05. The number of hydrogen-bond acceptors (Lipinski definition) is 4. The van der Waals surface area contributed by atoms with Gasteiger partial charge in [0.2, 0.25) is 4.96 Å². The number of hydrogen-bond donors (Lipinski definition) is 1. The van der Waals surface area contributed by atoms with Gasteiger partial charge in [0.25, 0.3) is 0 Å². The first-order chi connectivity index (χ1) is 8.42. The van der Waals surface area contributed by atoms with E-state index in [0.29, 0.717) is 0 Å². The topological polar surface area (TPSA) is 58.9 Å². The zero-order valence-corrected chi connectivity index (χ0v) is 9.48. The molecule has 3 aromatic heterocycles. The van der Waals surface area contributed by atoms with Gasteiger partial charge in [-0.25, -0.2) is 0 Å². The van der Waals surface area contributed by atoms with E-state index in [-0.39, 0.29) is 0 Å². The monoisotopic (exact) mass is 241 g/mol. The Bertz CT molecular complexity index is 781. The Labute approximate surface area is 99.7 Å². The molecule has 0 aliphatic carbocycles. The molecule has 0 amide bonds. The summed E-state index contributed by atoms with van der Waals surface area (Å²) in [6.07, 6.45) is 3.60. The highest BCUT2D eigenvalue weighted by atomic mass is 32.1. The van der Waals surface area contributed by atoms with Gasteiger partial charge in [-0.2, -0.15) is 9.61 Å². The van der Waals surface area contributed by atoms with Gasteiger partial charge < -0.3 is 4.98 Å². The Morgan fingerprint density at radius 3 is 3.12 bits per heavy atom. The minimum Gasteiger partial charge on any atom is -0.360 e. The van der Waals surface area contributed by atoms with Crippen LogP contribution in [0.15, 0.2) is 36.8 Å². The zero-order valence-electron chi connectivity index (χ0n) is 8.66. The number of benzene rings is 1. The number of para-hydroxylation sites is 1. The highest BCUT2D eigenvalue weighted by Gasteiger charge is 2.11. The van der Waals surface area contributed by atoms with E-state index in [9.17, 15) is 0 Å². The van der Waals surface area contributed by atoms with E-state index in [1.807, 2.05) is 18.3 Å². The van der Waals surface area contributed by atoms with Crippen LogP contribution in [0.5, 0.6) is 0 Å². The molecular formula is C11H7N5S. The quantitative estimate of drug-likeness (QED) is 0.556. The molecule has 0 fully saturated rings. The summed E-state index contributed by atoms with van der Waals surface area (Å²) in [5.74, 6) is 0. The normalized spacial score (nSPS) is 11.5. The van der Waals surface area contributed by atoms with Gasteiger partial charge in [0.05, 0.1) is 0 Å². The highest BCUT2D eigenvalue weighted by Crippen LogP contribution is 2.31. The molecule has 82 valence electrons. The van der Waals surface area contributed by atoms with Crippen LogP contribution in [0.25, 0.3) is 26.4 Å². The molecule has 0 radical (unpaired) electrons. The molecule has 0 spiro atoms. The largest absolute Gasteiger partial charge is 0.360 e. The lowest BCUT2D eigenvalue weighted by Gasteiger charge is -1.91. The first kappa shape index (κ1) is 8.89. The van der Waals surface area contributed by atoms with Crippen LogP contribution in [0.1, 0.15) is 0 Å². The van der Waals surface area contributed by atoms with E-state index >= 15 is 0 Å². The fourth-order valence-electron chi connectivity index (χ4n) is 1.92. The highest BCUT2D eigenvalue weighted by molar-refractivity contribution is 7.19. The van der Waals surface area contributed by atoms with E-state index in [0.717, 1.165) is 21.0 Å². The number of rotatable bonds is 1. The Hall–Kier alpha value is -2.21. The molecule has 1 aromatic carbocycles. The maximum Gasteiger partial charge on any atom is 0.234 e. The summed E-state index contributed by atoms with van der Waals surface area (Å²) in [5, 5.41) is 14.4. The Morgan fingerprint density at radius 1 is 1.24 bits per heavy atom. The van der Waals surface area contributed by atoms with Crippen molar-refractivity contribution in [2.45, 2.75) is 0 Å². The van der Waals surface area contributed by atoms with Crippen LogP contribution >= 0.6 is 11.3 Å². The summed E-state index contributed by atoms with van der Waals surface area (Å²) in [6.45, 7) is 0. The van der Waals surface area contributed by atoms with Crippen LogP contribution in [0.3, 0.4) is 0 Å². The van der Waals surface area contributed by atoms with Gasteiger partial charge >= 0.3 is 0 Å². The first-order valence-electron chi connectivity index (χ1n) is 5.15. The van der Waals surface area contributed by atoms with Crippen LogP contribution < -0.4 is 0 Å². The van der Waals surface area contributed by atoms with Crippen molar-refractivity contribution >= 4 is 27.2 Å². The lowest BCUT2D eigenvalue weighted by molar-refractivity contribution is 0.960. The predicted molar refractivity (Wildman–Crippen MR) is 66.0 cm³/mol. The Balaban J connectivity index is 2.02. The van der Waals surface area contributed by atoms with E-state index in [1.54, 1.807) is 10.8 Å². The van der Waals surface area contributed by atoms with Crippen LogP contribution in [0, 0.1) is 0 Å². The zero-order chi connectivity index (χ0) is 11.2. The SMILES string of the molecule is c1ccc2c(-c3nn4cnnc4s3)c[nH]c2c1. The molecule has 17 heavy (non-hydrogen) atoms. The van der Waals surface area contributed by atoms with Crippen LogP contribution in [-0.4, -0.2) is 24.8 Å². The molecular weight excluding hydrogens is 234 g/mol. The average Bonchev–Trinajstić information content (AvgIpc) is 3.01. The Morgan fingerprint density at radius 2 is 2.18 bits per heavy atom. The second-order valence-electron chi connectivity index (χ2n) is 3.71. The van der Waals surface area contributed by atoms with Crippen molar-refractivity contribution in [3.05, 3.63) is 36.8 Å². The first-order valence-corrected chi connectivity index (χ1v) is 5.97. The molecule has 4 aromatic rings. The van der Waals surface area contributed by atoms with Gasteiger partial charge in [-0.15, -0.1) is 10.2 Å². The smallest absolute Gasteiger partial charge is 0.234 e. The molecule has 0 atom stereocenters. The number of aromatic nitrogens is 5. The third kappa shape index (κ3) is 1.21. The summed E-state index contributed by atoms with van der Waals surface area (Å²) < 4.78 is 1.70. The molecule has 0 saturated carbocycles. The maximum absolute atomic E-state index is 4.46. The van der Waals surface area contributed by atoms with Gasteiger partial charge in [-0.1, -0.05) is 29.5 Å². The van der Waals surface area contributed by atoms with Crippen molar-refractivity contribution < 1.29 is 0 Å². The van der Waals surface area contributed by atoms with Crippen LogP contribution in [0.2, 0.25) is 0 Å². The second-order valence-corrected chi connectivity index (χ2v) is 4.67. The maximum atomic E-state index is 4.46. The minimum atomic E-state index is 0.810. The number of nitrogens with one attached hydrogen (secondary N) is 1. The van der Waals surface area contributed by atoms with E-state index in [1.165, 1.54) is 16.7 Å². The molecule has 4 rings (SSSR count). The number of fused-ring (bicyclic) bond motifs is 2. The second kappa shape index (κ2) is 3.14. The molecule has 0 saturated heterocycles. The van der Waals surface area contributed by atoms with Crippen molar-refractivity contribution in [3.8, 4) is 10.6 Å². The Kier molecular flexibility index (Phi) is 1.64. The fraction of sp³-hybridized carbons (Fsp3) is 0. The molecule has 6 heteroatoms. The molecule has 0 aliphatic heterocycles. The van der Waals surface area contributed by atoms with Crippen molar-refractivity contribution in [2.75, 3.05) is 0 Å². The van der Waals surface area contributed by atoms with Gasteiger partial charge in [0, 0.05) is 22.7 Å². The van der Waals surface area contributed by atoms with Gasteiger partial charge in [0.15, 0.2) is 0 Å². The van der Waals surface area contributed by atoms with E-state index in [2.05, 4.69) is 32.4 Å². The van der Waals surface area contributed by atoms with E-state index in [4.69, 9.17) is 0 Å². The van der Waals surface area contributed by atoms with Crippen molar-refractivity contribution in [3.63, 3.8) is 0 Å². The number of H-pyrrole nitrogens is 1. The molecule has 0 aliphatic rings. The fourth-order valence-corrected chi connectivity index (χ4v) is 2.77. The lowest BCUT2D eigenvalue weighted by atomic mass is 10.2. The summed E-state index contributed by atoms with van der Waals surface area (Å²) in [5.41, 5.74) is 2.23. The standard InChI is InChI=1S/C11H7N5S/c1-2-4-9-7(3-1)8(5-12-9)10-15-16-6-13-14-11(16)17-10/h1-6,12H. The summed E-state index contributed by atoms with van der Waals surface area (Å²) in [6, 6.07) is 8.18. The van der Waals surface area contributed by atoms with Crippen LogP contribution in [0.4, 0.5) is 0 Å². The van der Waals surface area contributed by atoms with E-state index < -0.39 is 0 Å². The van der Waals surface area contributed by atoms with Gasteiger partial charge in [-0.05, 0) is 6.07 Å². The van der Waals surface area contributed by atoms with Crippen molar-refractivity contribution in [2.24, 2.45) is 0 Å². The molecule has 5 nitrogen and oxygen atoms in total. The van der Waals surface area contributed by atoms with Gasteiger partial charge in [-0.3, -0.25) is 0 Å². The summed E-state index contributed by atoms with van der Waals surface area (Å²) in [7, 11) is 0. The van der Waals surface area contributed by atoms with Crippen LogP contribution in [-0.2, 0) is 0 Å². The average molecular weight is 241 g/mol. The number of nitrogens with zero attached hydrogens (tertiary/aromatic N) is 4. The molecule has 3 heterocycles. The predicted octanol–water partition coefficient (Wildman–Crippen LogP) is 2.33. The molecule has 0 bridgehead atoms. The lowest BCUT2D eigenvalue weighted by Crippen LogP contribution is -1.81. The van der Waals surface area contributed by atoms with Gasteiger partial charge in [0.1, 0.15) is 11.3 Å². The molecule has 1 N–H and O–H groups in total. The third-order valence-electron chi connectivity index (χ3n) is 2.71. The minimum absolute atomic E-state index is 0.810. The molecule has 0 unspecified atom stereocenters. The summed E-state index contributed by atoms with van der Waals surface area (Å²) >= 11 is 1.53. The third-order valence-corrected chi connectivity index (χ3v) is 3.65.